The fraction of sp³-hybridized carbons (Fsp3) is 0.375. The molecule has 94 valence electrons. The van der Waals surface area contributed by atoms with E-state index in [0.29, 0.717) is 6.04 Å². The van der Waals surface area contributed by atoms with Crippen LogP contribution in [0, 0.1) is 0 Å². The third kappa shape index (κ3) is 2.08. The van der Waals surface area contributed by atoms with Gasteiger partial charge in [0, 0.05) is 18.2 Å². The molecule has 2 aromatic rings. The highest BCUT2D eigenvalue weighted by atomic mass is 16.5. The summed E-state index contributed by atoms with van der Waals surface area (Å²) in [5, 5.41) is 6.20. The Morgan fingerprint density at radius 1 is 1.17 bits per heavy atom. The number of fused-ring (bicyclic) bond motifs is 1. The summed E-state index contributed by atoms with van der Waals surface area (Å²) in [4.78, 5) is 0. The highest BCUT2D eigenvalue weighted by Gasteiger charge is 2.17. The second-order valence-corrected chi connectivity index (χ2v) is 4.98. The van der Waals surface area contributed by atoms with Crippen molar-refractivity contribution in [1.29, 1.82) is 0 Å². The molecule has 0 heterocycles. The quantitative estimate of drug-likeness (QED) is 0.884. The molecule has 0 unspecified atom stereocenters. The maximum atomic E-state index is 5.50. The van der Waals surface area contributed by atoms with Gasteiger partial charge in [0.05, 0.1) is 7.11 Å². The first-order valence-electron chi connectivity index (χ1n) is 6.66. The van der Waals surface area contributed by atoms with E-state index in [4.69, 9.17) is 4.74 Å². The van der Waals surface area contributed by atoms with Crippen LogP contribution in [-0.2, 0) is 6.54 Å². The second-order valence-electron chi connectivity index (χ2n) is 4.98. The van der Waals surface area contributed by atoms with Crippen LogP contribution >= 0.6 is 0 Å². The van der Waals surface area contributed by atoms with Gasteiger partial charge >= 0.3 is 0 Å². The summed E-state index contributed by atoms with van der Waals surface area (Å²) in [6, 6.07) is 13.4. The fourth-order valence-electron chi connectivity index (χ4n) is 2.55. The van der Waals surface area contributed by atoms with Crippen molar-refractivity contribution in [3.05, 3.63) is 42.0 Å². The van der Waals surface area contributed by atoms with Gasteiger partial charge < -0.3 is 10.1 Å². The lowest BCUT2D eigenvalue weighted by Crippen LogP contribution is -2.34. The van der Waals surface area contributed by atoms with E-state index in [1.807, 2.05) is 0 Å². The minimum atomic E-state index is 0.702. The van der Waals surface area contributed by atoms with Gasteiger partial charge in [0.15, 0.2) is 0 Å². The topological polar surface area (TPSA) is 21.3 Å². The molecule has 0 spiro atoms. The minimum Gasteiger partial charge on any atom is -0.496 e. The summed E-state index contributed by atoms with van der Waals surface area (Å²) in [5.41, 5.74) is 1.28. The van der Waals surface area contributed by atoms with Crippen LogP contribution in [0.3, 0.4) is 0 Å². The number of benzene rings is 2. The largest absolute Gasteiger partial charge is 0.496 e. The van der Waals surface area contributed by atoms with Gasteiger partial charge in [0.2, 0.25) is 0 Å². The molecule has 2 nitrogen and oxygen atoms in total. The first-order chi connectivity index (χ1) is 8.88. The fourth-order valence-corrected chi connectivity index (χ4v) is 2.55. The minimum absolute atomic E-state index is 0.702. The van der Waals surface area contributed by atoms with E-state index in [-0.39, 0.29) is 0 Å². The Morgan fingerprint density at radius 3 is 2.72 bits per heavy atom. The second kappa shape index (κ2) is 4.99. The molecule has 2 heteroatoms. The van der Waals surface area contributed by atoms with Crippen molar-refractivity contribution in [3.8, 4) is 5.75 Å². The molecule has 0 radical (unpaired) electrons. The van der Waals surface area contributed by atoms with Crippen molar-refractivity contribution in [3.63, 3.8) is 0 Å². The SMILES string of the molecule is COc1ccc2ccccc2c1CNC1CCC1. The van der Waals surface area contributed by atoms with Crippen LogP contribution in [0.25, 0.3) is 10.8 Å². The summed E-state index contributed by atoms with van der Waals surface area (Å²) < 4.78 is 5.50. The van der Waals surface area contributed by atoms with Gasteiger partial charge in [-0.25, -0.2) is 0 Å². The van der Waals surface area contributed by atoms with Gasteiger partial charge in [-0.05, 0) is 29.7 Å². The van der Waals surface area contributed by atoms with Crippen LogP contribution in [0.5, 0.6) is 5.75 Å². The van der Waals surface area contributed by atoms with Gasteiger partial charge in [-0.3, -0.25) is 0 Å². The third-order valence-corrected chi connectivity index (χ3v) is 3.89. The van der Waals surface area contributed by atoms with E-state index in [2.05, 4.69) is 41.7 Å². The van der Waals surface area contributed by atoms with Crippen LogP contribution < -0.4 is 10.1 Å². The zero-order chi connectivity index (χ0) is 12.4. The zero-order valence-electron chi connectivity index (χ0n) is 10.8. The first kappa shape index (κ1) is 11.5. The molecule has 1 N–H and O–H groups in total. The van der Waals surface area contributed by atoms with E-state index in [1.54, 1.807) is 7.11 Å². The average molecular weight is 241 g/mol. The average Bonchev–Trinajstić information content (AvgIpc) is 2.37. The molecule has 1 fully saturated rings. The molecule has 3 rings (SSSR count). The zero-order valence-corrected chi connectivity index (χ0v) is 10.8. The number of nitrogens with one attached hydrogen (secondary N) is 1. The van der Waals surface area contributed by atoms with Crippen molar-refractivity contribution in [2.45, 2.75) is 31.8 Å². The Hall–Kier alpha value is -1.54. The van der Waals surface area contributed by atoms with Gasteiger partial charge in [-0.15, -0.1) is 0 Å². The van der Waals surface area contributed by atoms with Crippen LogP contribution in [0.4, 0.5) is 0 Å². The Labute approximate surface area is 108 Å². The molecular weight excluding hydrogens is 222 g/mol. The summed E-state index contributed by atoms with van der Waals surface area (Å²) in [6.45, 7) is 0.898. The highest BCUT2D eigenvalue weighted by Crippen LogP contribution is 2.28. The molecule has 2 aromatic carbocycles. The Balaban J connectivity index is 1.94. The molecule has 0 bridgehead atoms. The number of ether oxygens (including phenoxy) is 1. The van der Waals surface area contributed by atoms with Crippen molar-refractivity contribution < 1.29 is 4.74 Å². The van der Waals surface area contributed by atoms with E-state index in [0.717, 1.165) is 12.3 Å². The molecule has 0 atom stereocenters. The molecule has 1 aliphatic carbocycles. The summed E-state index contributed by atoms with van der Waals surface area (Å²) in [6.07, 6.45) is 3.99. The number of hydrogen-bond acceptors (Lipinski definition) is 2. The summed E-state index contributed by atoms with van der Waals surface area (Å²) >= 11 is 0. The van der Waals surface area contributed by atoms with E-state index < -0.39 is 0 Å². The van der Waals surface area contributed by atoms with Crippen molar-refractivity contribution in [2.24, 2.45) is 0 Å². The van der Waals surface area contributed by atoms with E-state index in [1.165, 1.54) is 35.6 Å². The summed E-state index contributed by atoms with van der Waals surface area (Å²) in [5.74, 6) is 0.987. The first-order valence-corrected chi connectivity index (χ1v) is 6.66. The smallest absolute Gasteiger partial charge is 0.123 e. The van der Waals surface area contributed by atoms with Crippen LogP contribution in [0.2, 0.25) is 0 Å². The van der Waals surface area contributed by atoms with Crippen LogP contribution in [-0.4, -0.2) is 13.2 Å². The van der Waals surface area contributed by atoms with E-state index >= 15 is 0 Å². The monoisotopic (exact) mass is 241 g/mol. The predicted molar refractivity (Wildman–Crippen MR) is 75.0 cm³/mol. The van der Waals surface area contributed by atoms with Gasteiger partial charge in [-0.1, -0.05) is 36.8 Å². The van der Waals surface area contributed by atoms with E-state index in [9.17, 15) is 0 Å². The number of rotatable bonds is 4. The standard InChI is InChI=1S/C16H19NO/c1-18-16-10-9-12-5-2-3-8-14(12)15(16)11-17-13-6-4-7-13/h2-3,5,8-10,13,17H,4,6-7,11H2,1H3. The van der Waals surface area contributed by atoms with Crippen LogP contribution in [0.15, 0.2) is 36.4 Å². The maximum Gasteiger partial charge on any atom is 0.123 e. The molecule has 1 saturated carbocycles. The van der Waals surface area contributed by atoms with Crippen molar-refractivity contribution in [2.75, 3.05) is 7.11 Å². The van der Waals surface area contributed by atoms with Crippen molar-refractivity contribution in [1.82, 2.24) is 5.32 Å². The summed E-state index contributed by atoms with van der Waals surface area (Å²) in [7, 11) is 1.75. The predicted octanol–water partition coefficient (Wildman–Crippen LogP) is 3.49. The normalized spacial score (nSPS) is 15.6. The molecular formula is C16H19NO. The van der Waals surface area contributed by atoms with Crippen LogP contribution in [0.1, 0.15) is 24.8 Å². The maximum absolute atomic E-state index is 5.50. The third-order valence-electron chi connectivity index (χ3n) is 3.89. The lowest BCUT2D eigenvalue weighted by molar-refractivity contribution is 0.335. The molecule has 0 saturated heterocycles. The Bertz CT molecular complexity index is 546. The molecule has 0 amide bonds. The lowest BCUT2D eigenvalue weighted by Gasteiger charge is -2.27. The molecule has 0 aromatic heterocycles. The lowest BCUT2D eigenvalue weighted by atomic mass is 9.92. The van der Waals surface area contributed by atoms with Gasteiger partial charge in [0.1, 0.15) is 5.75 Å². The molecule has 1 aliphatic rings. The van der Waals surface area contributed by atoms with Gasteiger partial charge in [-0.2, -0.15) is 0 Å². The van der Waals surface area contributed by atoms with Crippen molar-refractivity contribution >= 4 is 10.8 Å². The number of hydrogen-bond donors (Lipinski definition) is 1. The Morgan fingerprint density at radius 2 is 2.00 bits per heavy atom. The number of methoxy groups -OCH3 is 1. The van der Waals surface area contributed by atoms with Gasteiger partial charge in [0.25, 0.3) is 0 Å². The molecule has 18 heavy (non-hydrogen) atoms. The Kier molecular flexibility index (Phi) is 3.20. The molecule has 0 aliphatic heterocycles. The highest BCUT2D eigenvalue weighted by molar-refractivity contribution is 5.87.